The van der Waals surface area contributed by atoms with E-state index in [0.717, 1.165) is 31.5 Å². The number of nitrogens with zero attached hydrogens (tertiary/aromatic N) is 1. The van der Waals surface area contributed by atoms with Crippen LogP contribution in [0.1, 0.15) is 30.9 Å². The SMILES string of the molecule is CSc1ccc(C(N)CC(=O)N2CCCC2)cc1. The van der Waals surface area contributed by atoms with Gasteiger partial charge < -0.3 is 10.6 Å². The van der Waals surface area contributed by atoms with Gasteiger partial charge in [-0.15, -0.1) is 11.8 Å². The summed E-state index contributed by atoms with van der Waals surface area (Å²) in [6.07, 6.45) is 4.72. The van der Waals surface area contributed by atoms with Crippen LogP contribution in [-0.2, 0) is 4.79 Å². The molecule has 0 spiro atoms. The standard InChI is InChI=1S/C14H20N2OS/c1-18-12-6-4-11(5-7-12)13(15)10-14(17)16-8-2-3-9-16/h4-7,13H,2-3,8-10,15H2,1H3. The Bertz CT molecular complexity index is 399. The first-order valence-electron chi connectivity index (χ1n) is 6.38. The molecule has 98 valence electrons. The Hall–Kier alpha value is -1.00. The Labute approximate surface area is 113 Å². The van der Waals surface area contributed by atoms with E-state index in [1.807, 2.05) is 23.3 Å². The first kappa shape index (κ1) is 13.4. The van der Waals surface area contributed by atoms with E-state index in [2.05, 4.69) is 12.1 Å². The summed E-state index contributed by atoms with van der Waals surface area (Å²) in [6.45, 7) is 1.80. The molecule has 1 aliphatic heterocycles. The Morgan fingerprint density at radius 1 is 1.33 bits per heavy atom. The number of hydrogen-bond acceptors (Lipinski definition) is 3. The summed E-state index contributed by atoms with van der Waals surface area (Å²) >= 11 is 1.71. The molecule has 1 saturated heterocycles. The Morgan fingerprint density at radius 2 is 1.94 bits per heavy atom. The second-order valence-corrected chi connectivity index (χ2v) is 5.55. The van der Waals surface area contributed by atoms with Crippen LogP contribution >= 0.6 is 11.8 Å². The molecule has 2 rings (SSSR count). The fourth-order valence-electron chi connectivity index (χ4n) is 2.25. The largest absolute Gasteiger partial charge is 0.343 e. The van der Waals surface area contributed by atoms with Gasteiger partial charge in [-0.05, 0) is 36.8 Å². The second-order valence-electron chi connectivity index (χ2n) is 4.67. The van der Waals surface area contributed by atoms with Crippen molar-refractivity contribution in [3.8, 4) is 0 Å². The molecule has 1 unspecified atom stereocenters. The highest BCUT2D eigenvalue weighted by atomic mass is 32.2. The number of amides is 1. The Balaban J connectivity index is 1.93. The van der Waals surface area contributed by atoms with Crippen molar-refractivity contribution in [1.29, 1.82) is 0 Å². The molecule has 18 heavy (non-hydrogen) atoms. The van der Waals surface area contributed by atoms with Crippen LogP contribution in [0.5, 0.6) is 0 Å². The lowest BCUT2D eigenvalue weighted by Crippen LogP contribution is -2.30. The van der Waals surface area contributed by atoms with Crippen LogP contribution < -0.4 is 5.73 Å². The molecule has 2 N–H and O–H groups in total. The lowest BCUT2D eigenvalue weighted by atomic mass is 10.0. The zero-order valence-corrected chi connectivity index (χ0v) is 11.6. The van der Waals surface area contributed by atoms with Gasteiger partial charge in [-0.1, -0.05) is 12.1 Å². The zero-order valence-electron chi connectivity index (χ0n) is 10.8. The van der Waals surface area contributed by atoms with Crippen molar-refractivity contribution < 1.29 is 4.79 Å². The zero-order chi connectivity index (χ0) is 13.0. The number of carbonyl (C=O) groups is 1. The van der Waals surface area contributed by atoms with Gasteiger partial charge >= 0.3 is 0 Å². The van der Waals surface area contributed by atoms with Crippen molar-refractivity contribution in [3.63, 3.8) is 0 Å². The summed E-state index contributed by atoms with van der Waals surface area (Å²) in [7, 11) is 0. The summed E-state index contributed by atoms with van der Waals surface area (Å²) in [5, 5.41) is 0. The quantitative estimate of drug-likeness (QED) is 0.850. The number of thioether (sulfide) groups is 1. The van der Waals surface area contributed by atoms with Gasteiger partial charge in [0.15, 0.2) is 0 Å². The minimum Gasteiger partial charge on any atom is -0.343 e. The molecule has 0 bridgehead atoms. The molecular weight excluding hydrogens is 244 g/mol. The van der Waals surface area contributed by atoms with Crippen LogP contribution in [0, 0.1) is 0 Å². The number of hydrogen-bond donors (Lipinski definition) is 1. The third-order valence-corrected chi connectivity index (χ3v) is 4.14. The molecule has 1 amide bonds. The summed E-state index contributed by atoms with van der Waals surface area (Å²) in [6, 6.07) is 7.97. The maximum absolute atomic E-state index is 12.0. The molecule has 1 heterocycles. The van der Waals surface area contributed by atoms with Crippen LogP contribution in [0.15, 0.2) is 29.2 Å². The van der Waals surface area contributed by atoms with Gasteiger partial charge in [0, 0.05) is 30.4 Å². The molecule has 1 aromatic rings. The number of rotatable bonds is 4. The molecule has 0 radical (unpaired) electrons. The maximum Gasteiger partial charge on any atom is 0.224 e. The average molecular weight is 264 g/mol. The summed E-state index contributed by atoms with van der Waals surface area (Å²) < 4.78 is 0. The molecule has 0 aliphatic carbocycles. The van der Waals surface area contributed by atoms with Gasteiger partial charge in [0.25, 0.3) is 0 Å². The highest BCUT2D eigenvalue weighted by Gasteiger charge is 2.20. The molecule has 1 fully saturated rings. The van der Waals surface area contributed by atoms with Crippen LogP contribution in [0.4, 0.5) is 0 Å². The fraction of sp³-hybridized carbons (Fsp3) is 0.500. The normalized spacial score (nSPS) is 16.9. The predicted octanol–water partition coefficient (Wildman–Crippen LogP) is 2.42. The summed E-state index contributed by atoms with van der Waals surface area (Å²) in [5.41, 5.74) is 7.14. The highest BCUT2D eigenvalue weighted by molar-refractivity contribution is 7.98. The smallest absolute Gasteiger partial charge is 0.224 e. The number of nitrogens with two attached hydrogens (primary N) is 1. The van der Waals surface area contributed by atoms with E-state index >= 15 is 0 Å². The van der Waals surface area contributed by atoms with Crippen LogP contribution in [0.25, 0.3) is 0 Å². The van der Waals surface area contributed by atoms with Crippen LogP contribution in [0.2, 0.25) is 0 Å². The third kappa shape index (κ3) is 3.27. The Morgan fingerprint density at radius 3 is 2.50 bits per heavy atom. The number of carbonyl (C=O) groups excluding carboxylic acids is 1. The molecule has 0 aromatic heterocycles. The predicted molar refractivity (Wildman–Crippen MR) is 75.6 cm³/mol. The third-order valence-electron chi connectivity index (χ3n) is 3.40. The lowest BCUT2D eigenvalue weighted by Gasteiger charge is -2.18. The fourth-order valence-corrected chi connectivity index (χ4v) is 2.66. The van der Waals surface area contributed by atoms with Crippen LogP contribution in [0.3, 0.4) is 0 Å². The van der Waals surface area contributed by atoms with Crippen LogP contribution in [-0.4, -0.2) is 30.2 Å². The summed E-state index contributed by atoms with van der Waals surface area (Å²) in [5.74, 6) is 0.189. The average Bonchev–Trinajstić information content (AvgIpc) is 2.92. The van der Waals surface area contributed by atoms with E-state index < -0.39 is 0 Å². The molecule has 3 nitrogen and oxygen atoms in total. The highest BCUT2D eigenvalue weighted by Crippen LogP contribution is 2.21. The molecule has 1 aromatic carbocycles. The first-order valence-corrected chi connectivity index (χ1v) is 7.60. The lowest BCUT2D eigenvalue weighted by molar-refractivity contribution is -0.130. The van der Waals surface area contributed by atoms with Gasteiger partial charge in [-0.3, -0.25) is 4.79 Å². The van der Waals surface area contributed by atoms with Crippen molar-refractivity contribution in [2.24, 2.45) is 5.73 Å². The van der Waals surface area contributed by atoms with Crippen molar-refractivity contribution in [1.82, 2.24) is 4.90 Å². The van der Waals surface area contributed by atoms with Crippen molar-refractivity contribution in [2.45, 2.75) is 30.2 Å². The minimum atomic E-state index is -0.186. The topological polar surface area (TPSA) is 46.3 Å². The molecule has 0 saturated carbocycles. The molecule has 1 aliphatic rings. The number of likely N-dealkylation sites (tertiary alicyclic amines) is 1. The van der Waals surface area contributed by atoms with E-state index in [9.17, 15) is 4.79 Å². The van der Waals surface area contributed by atoms with E-state index in [0.29, 0.717) is 6.42 Å². The van der Waals surface area contributed by atoms with E-state index in [1.165, 1.54) is 4.90 Å². The minimum absolute atomic E-state index is 0.186. The van der Waals surface area contributed by atoms with Gasteiger partial charge in [-0.2, -0.15) is 0 Å². The second kappa shape index (κ2) is 6.25. The summed E-state index contributed by atoms with van der Waals surface area (Å²) in [4.78, 5) is 15.1. The molecular formula is C14H20N2OS. The van der Waals surface area contributed by atoms with Gasteiger partial charge in [0.05, 0.1) is 0 Å². The van der Waals surface area contributed by atoms with Gasteiger partial charge in [-0.25, -0.2) is 0 Å². The first-order chi connectivity index (χ1) is 8.70. The Kier molecular flexibility index (Phi) is 4.66. The van der Waals surface area contributed by atoms with Gasteiger partial charge in [0.1, 0.15) is 0 Å². The monoisotopic (exact) mass is 264 g/mol. The van der Waals surface area contributed by atoms with Crippen molar-refractivity contribution in [2.75, 3.05) is 19.3 Å². The van der Waals surface area contributed by atoms with Crippen molar-refractivity contribution in [3.05, 3.63) is 29.8 Å². The molecule has 1 atom stereocenters. The molecule has 4 heteroatoms. The van der Waals surface area contributed by atoms with E-state index in [4.69, 9.17) is 5.73 Å². The number of benzene rings is 1. The van der Waals surface area contributed by atoms with E-state index in [1.54, 1.807) is 11.8 Å². The van der Waals surface area contributed by atoms with Gasteiger partial charge in [0.2, 0.25) is 5.91 Å². The van der Waals surface area contributed by atoms with E-state index in [-0.39, 0.29) is 11.9 Å². The maximum atomic E-state index is 12.0. The van der Waals surface area contributed by atoms with Crippen molar-refractivity contribution >= 4 is 17.7 Å².